The average molecular weight is 450 g/mol. The number of hydrogen-bond acceptors (Lipinski definition) is 5. The lowest BCUT2D eigenvalue weighted by Gasteiger charge is -2.14. The highest BCUT2D eigenvalue weighted by atomic mass is 79.9. The van der Waals surface area contributed by atoms with Gasteiger partial charge in [0.2, 0.25) is 0 Å². The zero-order chi connectivity index (χ0) is 18.8. The number of halogens is 1. The molecule has 1 heterocycles. The van der Waals surface area contributed by atoms with Crippen molar-refractivity contribution in [3.8, 4) is 11.5 Å². The van der Waals surface area contributed by atoms with Gasteiger partial charge in [0.05, 0.1) is 18.6 Å². The van der Waals surface area contributed by atoms with Crippen molar-refractivity contribution in [2.24, 2.45) is 0 Å². The lowest BCUT2D eigenvalue weighted by atomic mass is 10.1. The number of thiocarbonyl (C=S) groups is 1. The van der Waals surface area contributed by atoms with E-state index in [0.29, 0.717) is 26.0 Å². The molecule has 7 heteroatoms. The summed E-state index contributed by atoms with van der Waals surface area (Å²) in [6, 6.07) is 11.2. The van der Waals surface area contributed by atoms with Gasteiger partial charge in [-0.3, -0.25) is 9.69 Å². The zero-order valence-electron chi connectivity index (χ0n) is 14.2. The molecule has 1 N–H and O–H groups in total. The summed E-state index contributed by atoms with van der Waals surface area (Å²) in [7, 11) is 1.48. The van der Waals surface area contributed by atoms with E-state index in [1.54, 1.807) is 17.0 Å². The largest absolute Gasteiger partial charge is 0.504 e. The first-order chi connectivity index (χ1) is 12.4. The van der Waals surface area contributed by atoms with Gasteiger partial charge in [0, 0.05) is 4.47 Å². The van der Waals surface area contributed by atoms with Gasteiger partial charge in [-0.15, -0.1) is 0 Å². The van der Waals surface area contributed by atoms with Crippen LogP contribution >= 0.6 is 39.9 Å². The molecule has 0 bridgehead atoms. The van der Waals surface area contributed by atoms with E-state index in [0.717, 1.165) is 11.1 Å². The second kappa shape index (κ2) is 7.82. The van der Waals surface area contributed by atoms with E-state index in [2.05, 4.69) is 15.9 Å². The first kappa shape index (κ1) is 18.9. The molecular weight excluding hydrogens is 434 g/mol. The van der Waals surface area contributed by atoms with Crippen LogP contribution in [0.2, 0.25) is 0 Å². The van der Waals surface area contributed by atoms with Gasteiger partial charge in [0.1, 0.15) is 4.32 Å². The molecule has 1 fully saturated rings. The zero-order valence-corrected chi connectivity index (χ0v) is 17.4. The molecule has 0 saturated carbocycles. The van der Waals surface area contributed by atoms with E-state index in [-0.39, 0.29) is 11.7 Å². The fourth-order valence-electron chi connectivity index (χ4n) is 2.49. The number of thioether (sulfide) groups is 1. The Labute approximate surface area is 170 Å². The van der Waals surface area contributed by atoms with Crippen molar-refractivity contribution < 1.29 is 14.6 Å². The van der Waals surface area contributed by atoms with E-state index >= 15 is 0 Å². The van der Waals surface area contributed by atoms with Gasteiger partial charge in [0.25, 0.3) is 5.91 Å². The Bertz CT molecular complexity index is 910. The maximum absolute atomic E-state index is 12.8. The van der Waals surface area contributed by atoms with Gasteiger partial charge >= 0.3 is 0 Å². The predicted octanol–water partition coefficient (Wildman–Crippen LogP) is 4.87. The van der Waals surface area contributed by atoms with E-state index in [4.69, 9.17) is 17.0 Å². The molecule has 3 rings (SSSR count). The summed E-state index contributed by atoms with van der Waals surface area (Å²) >= 11 is 10.1. The third-order valence-electron chi connectivity index (χ3n) is 3.92. The van der Waals surface area contributed by atoms with E-state index in [9.17, 15) is 9.90 Å². The second-order valence-electron chi connectivity index (χ2n) is 5.80. The van der Waals surface area contributed by atoms with Gasteiger partial charge in [-0.2, -0.15) is 0 Å². The van der Waals surface area contributed by atoms with Gasteiger partial charge in [-0.05, 0) is 36.3 Å². The number of hydrogen-bond donors (Lipinski definition) is 1. The lowest BCUT2D eigenvalue weighted by Crippen LogP contribution is -2.27. The molecule has 0 unspecified atom stereocenters. The molecule has 1 saturated heterocycles. The molecule has 0 atom stereocenters. The maximum atomic E-state index is 12.8. The van der Waals surface area contributed by atoms with Crippen molar-refractivity contribution in [1.29, 1.82) is 0 Å². The fourth-order valence-corrected chi connectivity index (χ4v) is 4.18. The average Bonchev–Trinajstić information content (AvgIpc) is 2.86. The number of aromatic hydroxyl groups is 1. The standard InChI is InChI=1S/C19H16BrNO3S2/c1-11-3-5-12(6-4-11)10-21-18(23)17(26-19(21)25)8-13-7-16(24-2)15(22)9-14(13)20/h3-9,22H,10H2,1-2H3/b17-8-. The lowest BCUT2D eigenvalue weighted by molar-refractivity contribution is -0.122. The Morgan fingerprint density at radius 3 is 2.65 bits per heavy atom. The minimum atomic E-state index is -0.125. The monoisotopic (exact) mass is 449 g/mol. The van der Waals surface area contributed by atoms with Crippen LogP contribution in [0.5, 0.6) is 11.5 Å². The number of carbonyl (C=O) groups is 1. The minimum absolute atomic E-state index is 0.0310. The van der Waals surface area contributed by atoms with Crippen molar-refractivity contribution in [1.82, 2.24) is 4.90 Å². The van der Waals surface area contributed by atoms with E-state index in [1.807, 2.05) is 31.2 Å². The summed E-state index contributed by atoms with van der Waals surface area (Å²) < 4.78 is 6.33. The normalized spacial score (nSPS) is 15.8. The molecule has 1 amide bonds. The fraction of sp³-hybridized carbons (Fsp3) is 0.158. The van der Waals surface area contributed by atoms with E-state index in [1.165, 1.54) is 30.5 Å². The van der Waals surface area contributed by atoms with Crippen molar-refractivity contribution >= 4 is 56.2 Å². The molecule has 2 aromatic rings. The Balaban J connectivity index is 1.86. The smallest absolute Gasteiger partial charge is 0.266 e. The Morgan fingerprint density at radius 2 is 2.00 bits per heavy atom. The number of ether oxygens (including phenoxy) is 1. The quantitative estimate of drug-likeness (QED) is 0.532. The molecule has 134 valence electrons. The van der Waals surface area contributed by atoms with Crippen LogP contribution in [0, 0.1) is 6.92 Å². The highest BCUT2D eigenvalue weighted by Crippen LogP contribution is 2.38. The maximum Gasteiger partial charge on any atom is 0.266 e. The van der Waals surface area contributed by atoms with Crippen LogP contribution in [0.4, 0.5) is 0 Å². The van der Waals surface area contributed by atoms with Gasteiger partial charge in [0.15, 0.2) is 11.5 Å². The van der Waals surface area contributed by atoms with Gasteiger partial charge < -0.3 is 9.84 Å². The molecular formula is C19H16BrNO3S2. The summed E-state index contributed by atoms with van der Waals surface area (Å²) in [5, 5.41) is 9.82. The topological polar surface area (TPSA) is 49.8 Å². The van der Waals surface area contributed by atoms with E-state index < -0.39 is 0 Å². The van der Waals surface area contributed by atoms with Crippen LogP contribution in [0.3, 0.4) is 0 Å². The number of benzene rings is 2. The van der Waals surface area contributed by atoms with Crippen LogP contribution in [-0.2, 0) is 11.3 Å². The Hall–Kier alpha value is -1.83. The number of aryl methyl sites for hydroxylation is 1. The van der Waals surface area contributed by atoms with Gasteiger partial charge in [-0.1, -0.05) is 69.7 Å². The van der Waals surface area contributed by atoms with Crippen LogP contribution < -0.4 is 4.74 Å². The molecule has 26 heavy (non-hydrogen) atoms. The SMILES string of the molecule is COc1cc(/C=C2\SC(=S)N(Cc3ccc(C)cc3)C2=O)c(Br)cc1O. The number of carbonyl (C=O) groups excluding carboxylic acids is 1. The number of methoxy groups -OCH3 is 1. The Morgan fingerprint density at radius 1 is 1.31 bits per heavy atom. The third kappa shape index (κ3) is 3.95. The third-order valence-corrected chi connectivity index (χ3v) is 5.98. The van der Waals surface area contributed by atoms with Crippen LogP contribution in [-0.4, -0.2) is 27.3 Å². The first-order valence-electron chi connectivity index (χ1n) is 7.76. The van der Waals surface area contributed by atoms with Crippen molar-refractivity contribution in [3.05, 3.63) is 62.5 Å². The van der Waals surface area contributed by atoms with Crippen molar-refractivity contribution in [3.63, 3.8) is 0 Å². The molecule has 0 spiro atoms. The summed E-state index contributed by atoms with van der Waals surface area (Å²) in [4.78, 5) is 14.9. The summed E-state index contributed by atoms with van der Waals surface area (Å²) in [5.74, 6) is 0.248. The number of amides is 1. The minimum Gasteiger partial charge on any atom is -0.504 e. The van der Waals surface area contributed by atoms with Crippen molar-refractivity contribution in [2.45, 2.75) is 13.5 Å². The summed E-state index contributed by atoms with van der Waals surface area (Å²) in [6.45, 7) is 2.47. The van der Waals surface area contributed by atoms with Crippen LogP contribution in [0.25, 0.3) is 6.08 Å². The second-order valence-corrected chi connectivity index (χ2v) is 8.33. The molecule has 0 aliphatic carbocycles. The predicted molar refractivity (Wildman–Crippen MR) is 112 cm³/mol. The van der Waals surface area contributed by atoms with Crippen LogP contribution in [0.1, 0.15) is 16.7 Å². The van der Waals surface area contributed by atoms with Gasteiger partial charge in [-0.25, -0.2) is 0 Å². The number of phenols is 1. The molecule has 1 aliphatic rings. The first-order valence-corrected chi connectivity index (χ1v) is 9.78. The molecule has 0 radical (unpaired) electrons. The summed E-state index contributed by atoms with van der Waals surface area (Å²) in [5.41, 5.74) is 2.93. The molecule has 2 aromatic carbocycles. The van der Waals surface area contributed by atoms with Crippen LogP contribution in [0.15, 0.2) is 45.8 Å². The Kier molecular flexibility index (Phi) is 5.70. The highest BCUT2D eigenvalue weighted by molar-refractivity contribution is 9.10. The summed E-state index contributed by atoms with van der Waals surface area (Å²) in [6.07, 6.45) is 1.75. The molecule has 4 nitrogen and oxygen atoms in total. The number of nitrogens with zero attached hydrogens (tertiary/aromatic N) is 1. The number of phenolic OH excluding ortho intramolecular Hbond substituents is 1. The molecule has 1 aliphatic heterocycles. The molecule has 0 aromatic heterocycles. The van der Waals surface area contributed by atoms with Crippen molar-refractivity contribution in [2.75, 3.05) is 7.11 Å². The highest BCUT2D eigenvalue weighted by Gasteiger charge is 2.32. The number of rotatable bonds is 4.